The van der Waals surface area contributed by atoms with E-state index in [0.29, 0.717) is 18.0 Å². The van der Waals surface area contributed by atoms with Crippen LogP contribution in [0.5, 0.6) is 0 Å². The number of hydrogen-bond acceptors (Lipinski definition) is 4. The molecule has 0 bridgehead atoms. The zero-order valence-electron chi connectivity index (χ0n) is 12.0. The van der Waals surface area contributed by atoms with E-state index in [1.54, 1.807) is 0 Å². The van der Waals surface area contributed by atoms with Crippen molar-refractivity contribution < 1.29 is 14.4 Å². The van der Waals surface area contributed by atoms with E-state index in [0.717, 1.165) is 28.2 Å². The first kappa shape index (κ1) is 15.9. The van der Waals surface area contributed by atoms with Gasteiger partial charge >= 0.3 is 0 Å². The van der Waals surface area contributed by atoms with Crippen LogP contribution in [0.25, 0.3) is 10.9 Å². The smallest absolute Gasteiger partial charge is 0.286 e. The van der Waals surface area contributed by atoms with Gasteiger partial charge in [-0.3, -0.25) is 19.7 Å². The molecule has 0 spiro atoms. The highest BCUT2D eigenvalue weighted by Gasteiger charge is 2.33. The summed E-state index contributed by atoms with van der Waals surface area (Å²) < 4.78 is 0. The predicted molar refractivity (Wildman–Crippen MR) is 89.6 cm³/mol. The molecule has 1 aromatic heterocycles. The van der Waals surface area contributed by atoms with Crippen molar-refractivity contribution in [3.63, 3.8) is 0 Å². The molecule has 3 amide bonds. The highest BCUT2D eigenvalue weighted by Crippen LogP contribution is 2.23. The Kier molecular flexibility index (Phi) is 4.58. The topological polar surface area (TPSA) is 91.1 Å². The molecule has 6 nitrogen and oxygen atoms in total. The van der Waals surface area contributed by atoms with Crippen LogP contribution in [0.15, 0.2) is 24.4 Å². The van der Waals surface area contributed by atoms with Gasteiger partial charge in [-0.2, -0.15) is 0 Å². The van der Waals surface area contributed by atoms with E-state index in [-0.39, 0.29) is 12.3 Å². The summed E-state index contributed by atoms with van der Waals surface area (Å²) in [5, 5.41) is 5.60. The second-order valence-electron chi connectivity index (χ2n) is 5.19. The van der Waals surface area contributed by atoms with E-state index in [4.69, 9.17) is 11.6 Å². The first-order valence-corrected chi connectivity index (χ1v) is 8.32. The van der Waals surface area contributed by atoms with Crippen LogP contribution < -0.4 is 10.6 Å². The Morgan fingerprint density at radius 1 is 1.35 bits per heavy atom. The lowest BCUT2D eigenvalue weighted by atomic mass is 10.1. The van der Waals surface area contributed by atoms with Gasteiger partial charge in [-0.25, -0.2) is 0 Å². The lowest BCUT2D eigenvalue weighted by molar-refractivity contribution is -0.125. The summed E-state index contributed by atoms with van der Waals surface area (Å²) in [5.41, 5.74) is 2.05. The van der Waals surface area contributed by atoms with Gasteiger partial charge in [0.1, 0.15) is 5.25 Å². The first-order valence-electron chi connectivity index (χ1n) is 7.06. The molecule has 8 heteroatoms. The van der Waals surface area contributed by atoms with Crippen LogP contribution in [-0.2, 0) is 16.0 Å². The molecule has 2 heterocycles. The van der Waals surface area contributed by atoms with Crippen molar-refractivity contribution in [2.24, 2.45) is 0 Å². The lowest BCUT2D eigenvalue weighted by Crippen LogP contribution is -2.32. The van der Waals surface area contributed by atoms with E-state index in [1.165, 1.54) is 0 Å². The number of nitrogens with one attached hydrogen (secondary N) is 3. The molecule has 0 radical (unpaired) electrons. The Labute approximate surface area is 141 Å². The fourth-order valence-electron chi connectivity index (χ4n) is 2.46. The molecule has 1 aromatic carbocycles. The van der Waals surface area contributed by atoms with Crippen LogP contribution in [0.2, 0.25) is 5.02 Å². The Morgan fingerprint density at radius 2 is 2.17 bits per heavy atom. The van der Waals surface area contributed by atoms with Gasteiger partial charge in [0.25, 0.3) is 5.24 Å². The third-order valence-corrected chi connectivity index (χ3v) is 4.80. The van der Waals surface area contributed by atoms with E-state index in [2.05, 4.69) is 15.6 Å². The maximum Gasteiger partial charge on any atom is 0.286 e. The summed E-state index contributed by atoms with van der Waals surface area (Å²) in [6.45, 7) is 0.450. The molecular weight excluding hydrogens is 338 g/mol. The molecule has 1 aliphatic rings. The number of fused-ring (bicyclic) bond motifs is 1. The number of hydrogen-bond donors (Lipinski definition) is 3. The van der Waals surface area contributed by atoms with E-state index >= 15 is 0 Å². The molecule has 120 valence electrons. The van der Waals surface area contributed by atoms with Gasteiger partial charge in [0.15, 0.2) is 0 Å². The molecule has 1 atom stereocenters. The van der Waals surface area contributed by atoms with Crippen molar-refractivity contribution in [2.75, 3.05) is 6.54 Å². The average Bonchev–Trinajstić information content (AvgIpc) is 3.02. The minimum atomic E-state index is -0.630. The molecule has 23 heavy (non-hydrogen) atoms. The second kappa shape index (κ2) is 6.64. The zero-order valence-corrected chi connectivity index (χ0v) is 13.6. The van der Waals surface area contributed by atoms with Crippen LogP contribution in [0.1, 0.15) is 12.0 Å². The number of benzene rings is 1. The van der Waals surface area contributed by atoms with E-state index in [9.17, 15) is 14.4 Å². The monoisotopic (exact) mass is 351 g/mol. The van der Waals surface area contributed by atoms with Crippen LogP contribution in [0.3, 0.4) is 0 Å². The number of imide groups is 1. The van der Waals surface area contributed by atoms with Gasteiger partial charge in [-0.15, -0.1) is 0 Å². The summed E-state index contributed by atoms with van der Waals surface area (Å²) in [7, 11) is 0. The number of carbonyl (C=O) groups is 3. The Hall–Kier alpha value is -1.99. The second-order valence-corrected chi connectivity index (χ2v) is 6.80. The summed E-state index contributed by atoms with van der Waals surface area (Å²) in [6, 6.07) is 5.61. The van der Waals surface area contributed by atoms with Crippen LogP contribution >= 0.6 is 23.4 Å². The normalized spacial score (nSPS) is 17.5. The molecule has 3 rings (SSSR count). The minimum Gasteiger partial charge on any atom is -0.361 e. The lowest BCUT2D eigenvalue weighted by Gasteiger charge is -2.07. The predicted octanol–water partition coefficient (Wildman–Crippen LogP) is 2.22. The minimum absolute atomic E-state index is 0.00194. The van der Waals surface area contributed by atoms with Crippen molar-refractivity contribution in [1.29, 1.82) is 0 Å². The number of H-pyrrole nitrogens is 1. The molecule has 1 fully saturated rings. The van der Waals surface area contributed by atoms with Crippen LogP contribution in [0, 0.1) is 0 Å². The van der Waals surface area contributed by atoms with Crippen molar-refractivity contribution in [2.45, 2.75) is 18.1 Å². The van der Waals surface area contributed by atoms with Crippen LogP contribution in [0.4, 0.5) is 4.79 Å². The largest absolute Gasteiger partial charge is 0.361 e. The summed E-state index contributed by atoms with van der Waals surface area (Å²) in [6.07, 6.45) is 2.54. The third kappa shape index (κ3) is 3.68. The number of aromatic amines is 1. The summed E-state index contributed by atoms with van der Waals surface area (Å²) >= 11 is 6.86. The number of rotatable bonds is 5. The molecule has 1 unspecified atom stereocenters. The molecular formula is C15H14ClN3O3S. The van der Waals surface area contributed by atoms with E-state index in [1.807, 2.05) is 24.4 Å². The number of amides is 3. The molecule has 3 N–H and O–H groups in total. The Bertz CT molecular complexity index is 789. The van der Waals surface area contributed by atoms with E-state index < -0.39 is 16.4 Å². The van der Waals surface area contributed by atoms with Gasteiger partial charge in [-0.05, 0) is 30.2 Å². The van der Waals surface area contributed by atoms with Crippen molar-refractivity contribution in [1.82, 2.24) is 15.6 Å². The Morgan fingerprint density at radius 3 is 2.91 bits per heavy atom. The summed E-state index contributed by atoms with van der Waals surface area (Å²) in [5.74, 6) is -0.647. The van der Waals surface area contributed by atoms with Crippen molar-refractivity contribution in [3.05, 3.63) is 35.0 Å². The first-order chi connectivity index (χ1) is 11.0. The quantitative estimate of drug-likeness (QED) is 0.770. The fourth-order valence-corrected chi connectivity index (χ4v) is 3.45. The summed E-state index contributed by atoms with van der Waals surface area (Å²) in [4.78, 5) is 37.5. The highest BCUT2D eigenvalue weighted by molar-refractivity contribution is 8.15. The standard InChI is InChI=1S/C15H14ClN3O3S/c16-9-1-2-11-10(5-9)8(7-18-11)3-4-17-13(20)6-12-14(21)19-15(22)23-12/h1-2,5,7,12,18H,3-4,6H2,(H,17,20)(H,19,21,22). The number of thioether (sulfide) groups is 1. The average molecular weight is 352 g/mol. The van der Waals surface area contributed by atoms with Gasteiger partial charge in [0.05, 0.1) is 0 Å². The number of carbonyl (C=O) groups excluding carboxylic acids is 3. The molecule has 1 saturated heterocycles. The molecule has 1 aliphatic heterocycles. The zero-order chi connectivity index (χ0) is 16.4. The number of halogens is 1. The van der Waals surface area contributed by atoms with Gasteiger partial charge in [0.2, 0.25) is 11.8 Å². The molecule has 0 aliphatic carbocycles. The highest BCUT2D eigenvalue weighted by atomic mass is 35.5. The maximum absolute atomic E-state index is 11.9. The number of aromatic nitrogens is 1. The third-order valence-electron chi connectivity index (χ3n) is 3.58. The maximum atomic E-state index is 11.9. The van der Waals surface area contributed by atoms with Gasteiger partial charge in [0, 0.05) is 35.1 Å². The van der Waals surface area contributed by atoms with Gasteiger partial charge in [-0.1, -0.05) is 23.4 Å². The van der Waals surface area contributed by atoms with Crippen LogP contribution in [-0.4, -0.2) is 33.8 Å². The van der Waals surface area contributed by atoms with Crippen molar-refractivity contribution in [3.8, 4) is 0 Å². The van der Waals surface area contributed by atoms with Crippen molar-refractivity contribution >= 4 is 51.3 Å². The van der Waals surface area contributed by atoms with Gasteiger partial charge < -0.3 is 10.3 Å². The Balaban J connectivity index is 1.52. The molecule has 0 saturated carbocycles. The molecule has 2 aromatic rings. The fraction of sp³-hybridized carbons (Fsp3) is 0.267. The SMILES string of the molecule is O=C(CC1SC(=O)NC1=O)NCCc1c[nH]c2ccc(Cl)cc12.